The highest BCUT2D eigenvalue weighted by Crippen LogP contribution is 2.52. The molecule has 0 radical (unpaired) electrons. The third kappa shape index (κ3) is 3.44. The molecule has 31 heavy (non-hydrogen) atoms. The molecule has 3 aliphatic rings. The van der Waals surface area contributed by atoms with Gasteiger partial charge in [0.25, 0.3) is 0 Å². The quantitative estimate of drug-likeness (QED) is 0.671. The number of hydrogen-bond acceptors (Lipinski definition) is 5. The summed E-state index contributed by atoms with van der Waals surface area (Å²) >= 11 is 0. The van der Waals surface area contributed by atoms with Crippen LogP contribution in [0.3, 0.4) is 0 Å². The predicted molar refractivity (Wildman–Crippen MR) is 119 cm³/mol. The number of ether oxygens (including phenoxy) is 2. The summed E-state index contributed by atoms with van der Waals surface area (Å²) in [4.78, 5) is 28.7. The normalized spacial score (nSPS) is 21.8. The van der Waals surface area contributed by atoms with E-state index in [2.05, 4.69) is 17.0 Å². The molecule has 2 aromatic rings. The number of carbonyl (C=O) groups is 2. The summed E-state index contributed by atoms with van der Waals surface area (Å²) < 4.78 is 11.7. The topological polar surface area (TPSA) is 59.1 Å². The van der Waals surface area contributed by atoms with Gasteiger partial charge in [-0.15, -0.1) is 0 Å². The molecular weight excluding hydrogens is 392 g/mol. The second kappa shape index (κ2) is 7.29. The Kier molecular flexibility index (Phi) is 4.68. The van der Waals surface area contributed by atoms with E-state index in [0.29, 0.717) is 31.3 Å². The van der Waals surface area contributed by atoms with Crippen LogP contribution >= 0.6 is 0 Å². The number of rotatable bonds is 2. The molecule has 1 amide bonds. The molecule has 2 atom stereocenters. The molecule has 3 heterocycles. The first kappa shape index (κ1) is 19.9. The minimum atomic E-state index is -0.511. The fourth-order valence-corrected chi connectivity index (χ4v) is 5.16. The molecule has 5 rings (SSSR count). The van der Waals surface area contributed by atoms with E-state index >= 15 is 0 Å². The lowest BCUT2D eigenvalue weighted by Crippen LogP contribution is -2.50. The number of amides is 1. The number of likely N-dealkylation sites (tertiary alicyclic amines) is 1. The van der Waals surface area contributed by atoms with Gasteiger partial charge in [-0.2, -0.15) is 0 Å². The van der Waals surface area contributed by atoms with E-state index in [1.165, 1.54) is 5.56 Å². The van der Waals surface area contributed by atoms with Crippen molar-refractivity contribution >= 4 is 18.1 Å². The highest BCUT2D eigenvalue weighted by Gasteiger charge is 2.46. The van der Waals surface area contributed by atoms with Crippen molar-refractivity contribution in [2.75, 3.05) is 31.1 Å². The van der Waals surface area contributed by atoms with Crippen molar-refractivity contribution in [2.45, 2.75) is 44.8 Å². The summed E-state index contributed by atoms with van der Waals surface area (Å²) in [6, 6.07) is 12.2. The van der Waals surface area contributed by atoms with Gasteiger partial charge in [-0.3, -0.25) is 4.79 Å². The fraction of sp³-hybridized carbons (Fsp3) is 0.440. The average molecular weight is 421 g/mol. The van der Waals surface area contributed by atoms with Gasteiger partial charge in [0.2, 0.25) is 0 Å². The minimum Gasteiger partial charge on any atom is -0.490 e. The van der Waals surface area contributed by atoms with Crippen LogP contribution in [0, 0.1) is 0 Å². The van der Waals surface area contributed by atoms with Crippen molar-refractivity contribution in [1.82, 2.24) is 4.90 Å². The first-order valence-electron chi connectivity index (χ1n) is 11.0. The lowest BCUT2D eigenvalue weighted by atomic mass is 9.87. The van der Waals surface area contributed by atoms with Crippen molar-refractivity contribution in [3.8, 4) is 16.9 Å². The van der Waals surface area contributed by atoms with E-state index in [1.54, 1.807) is 0 Å². The lowest BCUT2D eigenvalue weighted by Gasteiger charge is -2.40. The number of benzene rings is 2. The summed E-state index contributed by atoms with van der Waals surface area (Å²) in [5.74, 6) is 1.07. The summed E-state index contributed by atoms with van der Waals surface area (Å²) in [5, 5.41) is 0. The number of fused-ring (bicyclic) bond motifs is 3. The highest BCUT2D eigenvalue weighted by atomic mass is 16.6. The largest absolute Gasteiger partial charge is 0.490 e. The second-order valence-electron chi connectivity index (χ2n) is 9.55. The first-order chi connectivity index (χ1) is 14.9. The Morgan fingerprint density at radius 2 is 2.00 bits per heavy atom. The number of nitrogens with zero attached hydrogens (tertiary/aromatic N) is 2. The Morgan fingerprint density at radius 3 is 2.77 bits per heavy atom. The van der Waals surface area contributed by atoms with Crippen LogP contribution in [-0.4, -0.2) is 55.2 Å². The molecular formula is C25H28N2O4. The summed E-state index contributed by atoms with van der Waals surface area (Å²) in [6.07, 6.45) is 1.55. The van der Waals surface area contributed by atoms with Crippen molar-refractivity contribution in [3.05, 3.63) is 47.5 Å². The van der Waals surface area contributed by atoms with Gasteiger partial charge in [-0.05, 0) is 56.0 Å². The van der Waals surface area contributed by atoms with Crippen LogP contribution < -0.4 is 9.64 Å². The van der Waals surface area contributed by atoms with E-state index in [1.807, 2.05) is 49.9 Å². The Balaban J connectivity index is 1.54. The zero-order valence-corrected chi connectivity index (χ0v) is 18.3. The van der Waals surface area contributed by atoms with Crippen molar-refractivity contribution in [3.63, 3.8) is 0 Å². The summed E-state index contributed by atoms with van der Waals surface area (Å²) in [6.45, 7) is 8.51. The predicted octanol–water partition coefficient (Wildman–Crippen LogP) is 4.47. The molecule has 0 bridgehead atoms. The monoisotopic (exact) mass is 420 g/mol. The van der Waals surface area contributed by atoms with E-state index < -0.39 is 5.60 Å². The number of anilines is 1. The Labute approximate surface area is 182 Å². The fourth-order valence-electron chi connectivity index (χ4n) is 5.16. The number of aldehydes is 1. The molecule has 0 unspecified atom stereocenters. The average Bonchev–Trinajstić information content (AvgIpc) is 3.07. The first-order valence-corrected chi connectivity index (χ1v) is 11.0. The molecule has 0 spiro atoms. The van der Waals surface area contributed by atoms with Gasteiger partial charge >= 0.3 is 6.09 Å². The van der Waals surface area contributed by atoms with Gasteiger partial charge < -0.3 is 19.3 Å². The van der Waals surface area contributed by atoms with Gasteiger partial charge in [0.15, 0.2) is 6.29 Å². The zero-order chi connectivity index (χ0) is 21.8. The maximum Gasteiger partial charge on any atom is 0.410 e. The van der Waals surface area contributed by atoms with Crippen LogP contribution in [0.25, 0.3) is 11.1 Å². The van der Waals surface area contributed by atoms with Crippen LogP contribution in [0.4, 0.5) is 10.5 Å². The maximum atomic E-state index is 12.7. The van der Waals surface area contributed by atoms with Crippen LogP contribution in [0.1, 0.15) is 49.0 Å². The molecule has 0 saturated carbocycles. The molecule has 1 saturated heterocycles. The molecule has 0 N–H and O–H groups in total. The number of carbonyl (C=O) groups excluding carboxylic acids is 2. The SMILES string of the molecule is CC(C)(C)OC(=O)N1CC[C@H]2[C@@H](C1)c1cc(-c3ccccc3C=O)cc3c1N2CCO3. The van der Waals surface area contributed by atoms with E-state index in [9.17, 15) is 9.59 Å². The Hall–Kier alpha value is -3.02. The smallest absolute Gasteiger partial charge is 0.410 e. The summed E-state index contributed by atoms with van der Waals surface area (Å²) in [7, 11) is 0. The molecule has 162 valence electrons. The molecule has 1 fully saturated rings. The number of piperidine rings is 1. The van der Waals surface area contributed by atoms with Crippen molar-refractivity contribution in [1.29, 1.82) is 0 Å². The van der Waals surface area contributed by atoms with Gasteiger partial charge in [0.1, 0.15) is 18.0 Å². The van der Waals surface area contributed by atoms with E-state index in [4.69, 9.17) is 9.47 Å². The second-order valence-corrected chi connectivity index (χ2v) is 9.55. The molecule has 3 aliphatic heterocycles. The van der Waals surface area contributed by atoms with Crippen LogP contribution in [0.2, 0.25) is 0 Å². The van der Waals surface area contributed by atoms with Crippen LogP contribution in [0.15, 0.2) is 36.4 Å². The minimum absolute atomic E-state index is 0.195. The van der Waals surface area contributed by atoms with Crippen LogP contribution in [0.5, 0.6) is 5.75 Å². The van der Waals surface area contributed by atoms with Gasteiger partial charge in [0, 0.05) is 30.6 Å². The van der Waals surface area contributed by atoms with E-state index in [0.717, 1.165) is 41.8 Å². The highest BCUT2D eigenvalue weighted by molar-refractivity contribution is 5.89. The standard InChI is InChI=1S/C25H28N2O4/c1-25(2,3)31-24(29)26-9-8-21-20(14-26)19-12-17(18-7-5-4-6-16(18)15-28)13-22-23(19)27(21)10-11-30-22/h4-7,12-13,15,20-21H,8-11,14H2,1-3H3/t20-,21-/m0/s1. The molecule has 0 aromatic heterocycles. The molecule has 2 aromatic carbocycles. The maximum absolute atomic E-state index is 12.7. The molecule has 6 nitrogen and oxygen atoms in total. The molecule has 0 aliphatic carbocycles. The molecule has 6 heteroatoms. The van der Waals surface area contributed by atoms with Gasteiger partial charge in [-0.25, -0.2) is 4.79 Å². The number of hydrogen-bond donors (Lipinski definition) is 0. The Morgan fingerprint density at radius 1 is 1.19 bits per heavy atom. The van der Waals surface area contributed by atoms with Crippen LogP contribution in [-0.2, 0) is 4.74 Å². The van der Waals surface area contributed by atoms with Gasteiger partial charge in [0.05, 0.1) is 12.2 Å². The summed E-state index contributed by atoms with van der Waals surface area (Å²) in [5.41, 5.74) is 4.39. The zero-order valence-electron chi connectivity index (χ0n) is 18.3. The Bertz CT molecular complexity index is 1040. The third-order valence-electron chi connectivity index (χ3n) is 6.41. The third-order valence-corrected chi connectivity index (χ3v) is 6.41. The van der Waals surface area contributed by atoms with Crippen molar-refractivity contribution < 1.29 is 19.1 Å². The lowest BCUT2D eigenvalue weighted by molar-refractivity contribution is 0.0188. The van der Waals surface area contributed by atoms with Crippen molar-refractivity contribution in [2.24, 2.45) is 0 Å². The van der Waals surface area contributed by atoms with Gasteiger partial charge in [-0.1, -0.05) is 24.3 Å². The van der Waals surface area contributed by atoms with E-state index in [-0.39, 0.29) is 12.0 Å².